The third-order valence-electron chi connectivity index (χ3n) is 8.41. The molecule has 2 fully saturated rings. The van der Waals surface area contributed by atoms with E-state index in [1.165, 1.54) is 24.0 Å². The van der Waals surface area contributed by atoms with Crippen LogP contribution in [0.3, 0.4) is 0 Å². The smallest absolute Gasteiger partial charge is 0.253 e. The number of nitrogens with zero attached hydrogens (tertiary/aromatic N) is 2. The fourth-order valence-electron chi connectivity index (χ4n) is 6.33. The minimum Gasteiger partial charge on any atom is -0.338 e. The maximum absolute atomic E-state index is 13.4. The molecule has 1 atom stereocenters. The highest BCUT2D eigenvalue weighted by Crippen LogP contribution is 2.41. The van der Waals surface area contributed by atoms with E-state index in [9.17, 15) is 4.79 Å². The molecule has 0 N–H and O–H groups in total. The van der Waals surface area contributed by atoms with Crippen LogP contribution in [-0.4, -0.2) is 48.4 Å². The zero-order valence-electron chi connectivity index (χ0n) is 21.8. The fourth-order valence-corrected chi connectivity index (χ4v) is 6.63. The molecule has 2 heterocycles. The van der Waals surface area contributed by atoms with Crippen molar-refractivity contribution in [3.8, 4) is 0 Å². The monoisotopic (exact) mass is 570 g/mol. The van der Waals surface area contributed by atoms with E-state index < -0.39 is 0 Å². The minimum absolute atomic E-state index is 0. The van der Waals surface area contributed by atoms with Crippen LogP contribution in [0.25, 0.3) is 0 Å². The van der Waals surface area contributed by atoms with Crippen molar-refractivity contribution in [2.24, 2.45) is 0 Å². The third-order valence-corrected chi connectivity index (χ3v) is 9.14. The van der Waals surface area contributed by atoms with Crippen molar-refractivity contribution in [3.63, 3.8) is 0 Å². The predicted octanol–water partition coefficient (Wildman–Crippen LogP) is 8.25. The molecule has 6 heteroatoms. The average Bonchev–Trinajstić information content (AvgIpc) is 2.95. The second kappa shape index (κ2) is 13.3. The molecule has 2 saturated heterocycles. The summed E-state index contributed by atoms with van der Waals surface area (Å²) in [5.41, 5.74) is 3.33. The first-order valence-corrected chi connectivity index (χ1v) is 14.4. The van der Waals surface area contributed by atoms with Crippen LogP contribution < -0.4 is 0 Å². The van der Waals surface area contributed by atoms with Crippen molar-refractivity contribution in [1.82, 2.24) is 9.80 Å². The third kappa shape index (κ3) is 6.74. The Kier molecular flexibility index (Phi) is 10.2. The Morgan fingerprint density at radius 1 is 0.868 bits per heavy atom. The molecular formula is C32H37Cl3N2O. The van der Waals surface area contributed by atoms with Gasteiger partial charge in [-0.05, 0) is 99.5 Å². The number of hydrogen-bond acceptors (Lipinski definition) is 2. The molecule has 2 aliphatic rings. The number of piperidine rings is 2. The number of likely N-dealkylation sites (tertiary alicyclic amines) is 2. The topological polar surface area (TPSA) is 23.6 Å². The van der Waals surface area contributed by atoms with E-state index in [1.807, 2.05) is 47.4 Å². The van der Waals surface area contributed by atoms with Gasteiger partial charge in [-0.3, -0.25) is 4.79 Å². The van der Waals surface area contributed by atoms with E-state index in [2.05, 4.69) is 41.3 Å². The van der Waals surface area contributed by atoms with Crippen LogP contribution in [0, 0.1) is 0 Å². The van der Waals surface area contributed by atoms with Crippen LogP contribution in [0.2, 0.25) is 10.0 Å². The van der Waals surface area contributed by atoms with Gasteiger partial charge in [0.25, 0.3) is 5.91 Å². The van der Waals surface area contributed by atoms with Crippen molar-refractivity contribution in [3.05, 3.63) is 106 Å². The van der Waals surface area contributed by atoms with Gasteiger partial charge in [0.05, 0.1) is 10.0 Å². The van der Waals surface area contributed by atoms with Gasteiger partial charge in [-0.2, -0.15) is 0 Å². The summed E-state index contributed by atoms with van der Waals surface area (Å²) in [4.78, 5) is 18.1. The number of amides is 1. The second-order valence-electron chi connectivity index (χ2n) is 10.7. The van der Waals surface area contributed by atoms with Gasteiger partial charge in [-0.1, -0.05) is 77.8 Å². The Labute approximate surface area is 243 Å². The van der Waals surface area contributed by atoms with Gasteiger partial charge in [-0.15, -0.1) is 12.4 Å². The first kappa shape index (κ1) is 29.0. The molecule has 38 heavy (non-hydrogen) atoms. The van der Waals surface area contributed by atoms with Crippen LogP contribution in [0.15, 0.2) is 78.9 Å². The first-order chi connectivity index (χ1) is 18.0. The number of halogens is 3. The number of rotatable bonds is 7. The fraction of sp³-hybridized carbons (Fsp3) is 0.406. The molecule has 3 aromatic rings. The average molecular weight is 572 g/mol. The summed E-state index contributed by atoms with van der Waals surface area (Å²) < 4.78 is 0. The summed E-state index contributed by atoms with van der Waals surface area (Å²) >= 11 is 12.8. The molecule has 3 aromatic carbocycles. The van der Waals surface area contributed by atoms with Crippen LogP contribution in [-0.2, 0) is 5.41 Å². The lowest BCUT2D eigenvalue weighted by atomic mass is 9.71. The summed E-state index contributed by atoms with van der Waals surface area (Å²) in [5.74, 6) is 0.795. The molecule has 0 saturated carbocycles. The van der Waals surface area contributed by atoms with Gasteiger partial charge in [0, 0.05) is 24.1 Å². The Morgan fingerprint density at radius 2 is 1.55 bits per heavy atom. The Hall–Kier alpha value is -2.04. The van der Waals surface area contributed by atoms with Gasteiger partial charge >= 0.3 is 0 Å². The van der Waals surface area contributed by atoms with Gasteiger partial charge in [0.2, 0.25) is 0 Å². The quantitative estimate of drug-likeness (QED) is 0.285. The van der Waals surface area contributed by atoms with Gasteiger partial charge < -0.3 is 9.80 Å². The van der Waals surface area contributed by atoms with Crippen LogP contribution in [0.1, 0.15) is 65.9 Å². The Balaban J connectivity index is 0.00000336. The lowest BCUT2D eigenvalue weighted by Crippen LogP contribution is -2.49. The molecule has 202 valence electrons. The number of carbonyl (C=O) groups is 1. The summed E-state index contributed by atoms with van der Waals surface area (Å²) in [6.45, 7) is 4.91. The highest BCUT2D eigenvalue weighted by Gasteiger charge is 2.39. The molecule has 0 unspecified atom stereocenters. The van der Waals surface area contributed by atoms with E-state index in [1.54, 1.807) is 0 Å². The number of benzene rings is 3. The highest BCUT2D eigenvalue weighted by molar-refractivity contribution is 6.42. The largest absolute Gasteiger partial charge is 0.338 e. The predicted molar refractivity (Wildman–Crippen MR) is 161 cm³/mol. The molecule has 0 radical (unpaired) electrons. The van der Waals surface area contributed by atoms with E-state index in [4.69, 9.17) is 23.2 Å². The molecule has 0 aromatic heterocycles. The SMILES string of the molecule is Cl.O=C(c1ccccc1)N1CCC[C@@](CCCN2CCC(c3ccccc3)CC2)(c2ccc(Cl)c(Cl)c2)C1. The normalized spacial score (nSPS) is 20.6. The molecule has 0 spiro atoms. The van der Waals surface area contributed by atoms with Gasteiger partial charge in [0.1, 0.15) is 0 Å². The van der Waals surface area contributed by atoms with Crippen LogP contribution in [0.5, 0.6) is 0 Å². The molecule has 1 amide bonds. The van der Waals surface area contributed by atoms with Crippen molar-refractivity contribution >= 4 is 41.5 Å². The van der Waals surface area contributed by atoms with E-state index in [-0.39, 0.29) is 23.7 Å². The van der Waals surface area contributed by atoms with Crippen molar-refractivity contribution < 1.29 is 4.79 Å². The molecular weight excluding hydrogens is 535 g/mol. The zero-order chi connectivity index (χ0) is 25.7. The van der Waals surface area contributed by atoms with E-state index in [0.717, 1.165) is 64.0 Å². The maximum Gasteiger partial charge on any atom is 0.253 e. The lowest BCUT2D eigenvalue weighted by molar-refractivity contribution is 0.0619. The Bertz CT molecular complexity index is 1180. The summed E-state index contributed by atoms with van der Waals surface area (Å²) in [5, 5.41) is 1.17. The maximum atomic E-state index is 13.4. The second-order valence-corrected chi connectivity index (χ2v) is 11.6. The lowest BCUT2D eigenvalue weighted by Gasteiger charge is -2.44. The molecule has 5 rings (SSSR count). The molecule has 0 bridgehead atoms. The van der Waals surface area contributed by atoms with E-state index >= 15 is 0 Å². The minimum atomic E-state index is -0.112. The standard InChI is InChI=1S/C32H36Cl2N2O.ClH/c33-29-14-13-28(23-30(29)34)32(18-8-20-36(24-32)31(37)27-11-5-2-6-12-27)17-7-19-35-21-15-26(16-22-35)25-9-3-1-4-10-25;/h1-6,9-14,23,26H,7-8,15-22,24H2;1H/t32-;/m1./s1. The van der Waals surface area contributed by atoms with Crippen molar-refractivity contribution in [1.29, 1.82) is 0 Å². The molecule has 3 nitrogen and oxygen atoms in total. The van der Waals surface area contributed by atoms with Crippen molar-refractivity contribution in [2.45, 2.75) is 49.9 Å². The number of carbonyl (C=O) groups excluding carboxylic acids is 1. The summed E-state index contributed by atoms with van der Waals surface area (Å²) in [6.07, 6.45) is 6.62. The Morgan fingerprint density at radius 3 is 2.24 bits per heavy atom. The van der Waals surface area contributed by atoms with Gasteiger partial charge in [0.15, 0.2) is 0 Å². The zero-order valence-corrected chi connectivity index (χ0v) is 24.2. The highest BCUT2D eigenvalue weighted by atomic mass is 35.5. The van der Waals surface area contributed by atoms with Crippen LogP contribution in [0.4, 0.5) is 0 Å². The number of hydrogen-bond donors (Lipinski definition) is 0. The molecule has 0 aliphatic carbocycles. The van der Waals surface area contributed by atoms with Gasteiger partial charge in [-0.25, -0.2) is 0 Å². The van der Waals surface area contributed by atoms with Crippen molar-refractivity contribution in [2.75, 3.05) is 32.7 Å². The molecule has 2 aliphatic heterocycles. The summed E-state index contributed by atoms with van der Waals surface area (Å²) in [7, 11) is 0. The van der Waals surface area contributed by atoms with E-state index in [0.29, 0.717) is 16.0 Å². The first-order valence-electron chi connectivity index (χ1n) is 13.6. The van der Waals surface area contributed by atoms with Crippen LogP contribution >= 0.6 is 35.6 Å². The summed E-state index contributed by atoms with van der Waals surface area (Å²) in [6, 6.07) is 26.7.